The van der Waals surface area contributed by atoms with Gasteiger partial charge in [0, 0.05) is 5.56 Å². The molecule has 0 aliphatic heterocycles. The lowest BCUT2D eigenvalue weighted by atomic mass is 10.2. The fraction of sp³-hybridized carbons (Fsp3) is 0.364. The minimum Gasteiger partial charge on any atom is -0.337 e. The van der Waals surface area contributed by atoms with Crippen LogP contribution in [0.25, 0.3) is 0 Å². The predicted octanol–water partition coefficient (Wildman–Crippen LogP) is 0.472. The summed E-state index contributed by atoms with van der Waals surface area (Å²) in [6.07, 6.45) is 1.15. The van der Waals surface area contributed by atoms with E-state index < -0.39 is 16.9 Å². The van der Waals surface area contributed by atoms with Crippen molar-refractivity contribution in [2.75, 3.05) is 0 Å². The molecule has 1 rings (SSSR count). The molecule has 0 spiro atoms. The van der Waals surface area contributed by atoms with Crippen LogP contribution in [0.5, 0.6) is 0 Å². The van der Waals surface area contributed by atoms with E-state index in [1.807, 2.05) is 6.92 Å². The molecule has 1 aromatic carbocycles. The van der Waals surface area contributed by atoms with Crippen LogP contribution in [-0.4, -0.2) is 20.5 Å². The molecule has 0 radical (unpaired) electrons. The van der Waals surface area contributed by atoms with E-state index in [0.717, 1.165) is 6.42 Å². The van der Waals surface area contributed by atoms with Crippen molar-refractivity contribution in [1.29, 1.82) is 0 Å². The lowest BCUT2D eigenvalue weighted by Crippen LogP contribution is -2.41. The smallest absolute Gasteiger partial charge is 0.252 e. The number of nitrogens with two attached hydrogens (primary N) is 1. The number of carbonyl (C=O) groups is 1. The Morgan fingerprint density at radius 3 is 2.76 bits per heavy atom. The topological polar surface area (TPSA) is 89.3 Å². The van der Waals surface area contributed by atoms with Crippen molar-refractivity contribution in [1.82, 2.24) is 5.32 Å². The Balaban J connectivity index is 2.79. The molecule has 94 valence electrons. The Hall–Kier alpha value is -1.40. The maximum absolute atomic E-state index is 11.7. The molecule has 0 aromatic heterocycles. The Kier molecular flexibility index (Phi) is 5.11. The highest BCUT2D eigenvalue weighted by molar-refractivity contribution is 7.72. The summed E-state index contributed by atoms with van der Waals surface area (Å²) in [5.74, 6) is -0.357. The zero-order valence-electron chi connectivity index (χ0n) is 9.55. The van der Waals surface area contributed by atoms with Crippen molar-refractivity contribution in [3.8, 4) is 0 Å². The van der Waals surface area contributed by atoms with Crippen LogP contribution in [-0.2, 0) is 10.7 Å². The molecular weight excluding hydrogens is 240 g/mol. The second kappa shape index (κ2) is 6.36. The fourth-order valence-electron chi connectivity index (χ4n) is 1.40. The van der Waals surface area contributed by atoms with Gasteiger partial charge in [-0.25, -0.2) is 8.42 Å². The molecule has 0 fully saturated rings. The summed E-state index contributed by atoms with van der Waals surface area (Å²) < 4.78 is 21.6. The Morgan fingerprint density at radius 2 is 2.18 bits per heavy atom. The molecule has 1 unspecified atom stereocenters. The average Bonchev–Trinajstić information content (AvgIpc) is 2.29. The van der Waals surface area contributed by atoms with Gasteiger partial charge in [-0.05, 0) is 24.6 Å². The van der Waals surface area contributed by atoms with Crippen molar-refractivity contribution < 1.29 is 13.2 Å². The van der Waals surface area contributed by atoms with Crippen molar-refractivity contribution in [2.24, 2.45) is 5.73 Å². The van der Waals surface area contributed by atoms with E-state index in [0.29, 0.717) is 12.0 Å². The number of thiol groups is 1. The lowest BCUT2D eigenvalue weighted by Gasteiger charge is -2.12. The molecule has 17 heavy (non-hydrogen) atoms. The summed E-state index contributed by atoms with van der Waals surface area (Å²) in [4.78, 5) is 11.8. The minimum absolute atomic E-state index is 0.122. The highest BCUT2D eigenvalue weighted by Crippen LogP contribution is 2.06. The number of amides is 1. The highest BCUT2D eigenvalue weighted by atomic mass is 32.2. The molecule has 0 saturated heterocycles. The molecule has 0 heterocycles. The molecule has 0 aliphatic carbocycles. The summed E-state index contributed by atoms with van der Waals surface area (Å²) in [6.45, 7) is 1.97. The number of hydrogen-bond donors (Lipinski definition) is 3. The second-order valence-electron chi connectivity index (χ2n) is 3.68. The quantitative estimate of drug-likeness (QED) is 0.528. The molecule has 0 saturated carbocycles. The van der Waals surface area contributed by atoms with E-state index >= 15 is 0 Å². The number of benzene rings is 1. The maximum Gasteiger partial charge on any atom is 0.252 e. The maximum atomic E-state index is 11.7. The molecule has 3 N–H and O–H groups in total. The van der Waals surface area contributed by atoms with Gasteiger partial charge in [0.25, 0.3) is 5.91 Å². The van der Waals surface area contributed by atoms with Gasteiger partial charge in [0.15, 0.2) is 10.7 Å². The van der Waals surface area contributed by atoms with Crippen LogP contribution in [0.3, 0.4) is 0 Å². The number of hydrogen-bond acceptors (Lipinski definition) is 4. The van der Waals surface area contributed by atoms with Gasteiger partial charge in [-0.15, -0.1) is 0 Å². The number of carbonyl (C=O) groups excluding carboxylic acids is 1. The van der Waals surface area contributed by atoms with Crippen LogP contribution >= 0.6 is 0 Å². The van der Waals surface area contributed by atoms with E-state index in [2.05, 4.69) is 5.32 Å². The molecule has 6 heteroatoms. The molecular formula is C11H16N2O3S. The first-order valence-electron chi connectivity index (χ1n) is 5.35. The normalized spacial score (nSPS) is 12.4. The molecule has 5 nitrogen and oxygen atoms in total. The Morgan fingerprint density at radius 1 is 1.47 bits per heavy atom. The van der Waals surface area contributed by atoms with Gasteiger partial charge in [-0.3, -0.25) is 4.79 Å². The average molecular weight is 256 g/mol. The first-order valence-corrected chi connectivity index (χ1v) is 6.53. The van der Waals surface area contributed by atoms with Gasteiger partial charge in [-0.2, -0.15) is 0 Å². The van der Waals surface area contributed by atoms with E-state index in [1.165, 1.54) is 18.2 Å². The van der Waals surface area contributed by atoms with Crippen LogP contribution in [0.1, 0.15) is 30.1 Å². The van der Waals surface area contributed by atoms with Crippen LogP contribution in [0, 0.1) is 0 Å². The second-order valence-corrected chi connectivity index (χ2v) is 4.71. The molecule has 0 bridgehead atoms. The number of rotatable bonds is 5. The van der Waals surface area contributed by atoms with Gasteiger partial charge in [0.2, 0.25) is 0 Å². The summed E-state index contributed by atoms with van der Waals surface area (Å²) >= 11 is 0. The van der Waals surface area contributed by atoms with Crippen LogP contribution in [0.4, 0.5) is 0 Å². The monoisotopic (exact) mass is 256 g/mol. The van der Waals surface area contributed by atoms with Crippen LogP contribution < -0.4 is 11.1 Å². The summed E-state index contributed by atoms with van der Waals surface area (Å²) in [5.41, 5.74) is 5.97. The largest absolute Gasteiger partial charge is 0.337 e. The Bertz CT molecular complexity index is 464. The van der Waals surface area contributed by atoms with Gasteiger partial charge in [0.1, 0.15) is 0 Å². The van der Waals surface area contributed by atoms with Crippen molar-refractivity contribution >= 4 is 16.6 Å². The minimum atomic E-state index is -2.67. The zero-order valence-corrected chi connectivity index (χ0v) is 10.4. The van der Waals surface area contributed by atoms with E-state index in [4.69, 9.17) is 5.73 Å². The van der Waals surface area contributed by atoms with E-state index in [9.17, 15) is 13.2 Å². The first-order chi connectivity index (χ1) is 8.04. The van der Waals surface area contributed by atoms with Crippen molar-refractivity contribution in [2.45, 2.75) is 30.8 Å². The zero-order chi connectivity index (χ0) is 12.8. The number of nitrogens with one attached hydrogen (secondary N) is 1. The first kappa shape index (κ1) is 13.7. The third-order valence-corrected chi connectivity index (χ3v) is 2.94. The molecule has 1 aromatic rings. The molecule has 1 atom stereocenters. The van der Waals surface area contributed by atoms with Gasteiger partial charge >= 0.3 is 0 Å². The Labute approximate surface area is 102 Å². The third kappa shape index (κ3) is 4.16. The van der Waals surface area contributed by atoms with Crippen molar-refractivity contribution in [3.05, 3.63) is 29.8 Å². The van der Waals surface area contributed by atoms with Crippen LogP contribution in [0.15, 0.2) is 29.2 Å². The highest BCUT2D eigenvalue weighted by Gasteiger charge is 2.10. The van der Waals surface area contributed by atoms with Crippen molar-refractivity contribution in [3.63, 3.8) is 0 Å². The van der Waals surface area contributed by atoms with Gasteiger partial charge in [-0.1, -0.05) is 19.4 Å². The standard InChI is InChI=1S/C11H16N2O3S/c1-2-4-10(12)13-11(14)8-5-3-6-9(7-8)17(15)16/h3,5-7,10,17H,2,4,12H2,1H3,(H,13,14). The van der Waals surface area contributed by atoms with E-state index in [1.54, 1.807) is 6.07 Å². The third-order valence-electron chi connectivity index (χ3n) is 2.24. The fourth-order valence-corrected chi connectivity index (χ4v) is 1.85. The van der Waals surface area contributed by atoms with Gasteiger partial charge in [0.05, 0.1) is 11.1 Å². The van der Waals surface area contributed by atoms with Crippen LogP contribution in [0.2, 0.25) is 0 Å². The lowest BCUT2D eigenvalue weighted by molar-refractivity contribution is 0.0936. The molecule has 0 aliphatic rings. The summed E-state index contributed by atoms with van der Waals surface area (Å²) in [6, 6.07) is 5.85. The van der Waals surface area contributed by atoms with Gasteiger partial charge < -0.3 is 11.1 Å². The summed E-state index contributed by atoms with van der Waals surface area (Å²) in [5, 5.41) is 2.61. The molecule has 1 amide bonds. The SMILES string of the molecule is CCCC(N)NC(=O)c1cccc([SH](=O)=O)c1. The predicted molar refractivity (Wildman–Crippen MR) is 65.4 cm³/mol. The summed E-state index contributed by atoms with van der Waals surface area (Å²) in [7, 11) is -2.67. The van der Waals surface area contributed by atoms with E-state index in [-0.39, 0.29) is 10.8 Å².